The summed E-state index contributed by atoms with van der Waals surface area (Å²) in [5.41, 5.74) is 8.42. The minimum atomic E-state index is -0.308. The molecule has 102 valence electrons. The summed E-state index contributed by atoms with van der Waals surface area (Å²) in [6, 6.07) is 4.48. The maximum absolute atomic E-state index is 13.0. The predicted molar refractivity (Wildman–Crippen MR) is 80.7 cm³/mol. The van der Waals surface area contributed by atoms with E-state index in [4.69, 9.17) is 5.73 Å². The maximum atomic E-state index is 13.0. The number of aromatic nitrogens is 2. The summed E-state index contributed by atoms with van der Waals surface area (Å²) in [5.74, 6) is 0.428. The number of thioether (sulfide) groups is 1. The van der Waals surface area contributed by atoms with Gasteiger partial charge in [-0.2, -0.15) is 5.10 Å². The van der Waals surface area contributed by atoms with Gasteiger partial charge in [-0.3, -0.25) is 4.68 Å². The molecule has 1 heterocycles. The lowest BCUT2D eigenvalue weighted by Gasteiger charge is -2.06. The molecule has 0 aliphatic heterocycles. The van der Waals surface area contributed by atoms with Gasteiger partial charge in [0.25, 0.3) is 0 Å². The van der Waals surface area contributed by atoms with Crippen molar-refractivity contribution in [2.75, 3.05) is 5.73 Å². The van der Waals surface area contributed by atoms with Gasteiger partial charge in [-0.1, -0.05) is 6.92 Å². The van der Waals surface area contributed by atoms with Crippen LogP contribution >= 0.6 is 27.7 Å². The lowest BCUT2D eigenvalue weighted by molar-refractivity contribution is 0.627. The van der Waals surface area contributed by atoms with Crippen molar-refractivity contribution in [3.05, 3.63) is 39.9 Å². The smallest absolute Gasteiger partial charge is 0.125 e. The first-order chi connectivity index (χ1) is 9.02. The quantitative estimate of drug-likeness (QED) is 0.678. The van der Waals surface area contributed by atoms with E-state index in [1.165, 1.54) is 12.1 Å². The number of nitrogens with zero attached hydrogens (tertiary/aromatic N) is 2. The van der Waals surface area contributed by atoms with Gasteiger partial charge < -0.3 is 5.73 Å². The van der Waals surface area contributed by atoms with E-state index in [1.54, 1.807) is 17.8 Å². The molecule has 3 nitrogen and oxygen atoms in total. The van der Waals surface area contributed by atoms with Gasteiger partial charge in [-0.25, -0.2) is 4.39 Å². The number of benzene rings is 1. The average Bonchev–Trinajstić information content (AvgIpc) is 2.64. The summed E-state index contributed by atoms with van der Waals surface area (Å²) in [4.78, 5) is 0.882. The highest BCUT2D eigenvalue weighted by Crippen LogP contribution is 2.32. The Kier molecular flexibility index (Phi) is 4.52. The van der Waals surface area contributed by atoms with Crippen LogP contribution < -0.4 is 5.73 Å². The molecule has 0 saturated heterocycles. The third-order valence-corrected chi connectivity index (χ3v) is 4.86. The van der Waals surface area contributed by atoms with E-state index in [-0.39, 0.29) is 5.82 Å². The van der Waals surface area contributed by atoms with Crippen LogP contribution in [0.2, 0.25) is 0 Å². The Morgan fingerprint density at radius 2 is 2.21 bits per heavy atom. The molecule has 0 aliphatic rings. The molecule has 6 heteroatoms. The van der Waals surface area contributed by atoms with Gasteiger partial charge in [-0.05, 0) is 40.5 Å². The number of hydrogen-bond acceptors (Lipinski definition) is 3. The van der Waals surface area contributed by atoms with Gasteiger partial charge in [0.1, 0.15) is 5.82 Å². The molecule has 0 amide bonds. The van der Waals surface area contributed by atoms with Crippen LogP contribution in [0.15, 0.2) is 27.6 Å². The van der Waals surface area contributed by atoms with Crippen LogP contribution in [0.4, 0.5) is 10.1 Å². The first-order valence-electron chi connectivity index (χ1n) is 5.91. The minimum Gasteiger partial charge on any atom is -0.398 e. The lowest BCUT2D eigenvalue weighted by atomic mass is 10.3. The number of hydrogen-bond donors (Lipinski definition) is 1. The number of aryl methyl sites for hydroxylation is 2. The molecule has 2 N–H and O–H groups in total. The lowest BCUT2D eigenvalue weighted by Crippen LogP contribution is -1.97. The van der Waals surface area contributed by atoms with E-state index in [9.17, 15) is 4.39 Å². The van der Waals surface area contributed by atoms with Crippen molar-refractivity contribution in [3.8, 4) is 0 Å². The number of halogens is 2. The number of nitrogen functional groups attached to an aromatic ring is 1. The Morgan fingerprint density at radius 3 is 2.79 bits per heavy atom. The summed E-state index contributed by atoms with van der Waals surface area (Å²) in [7, 11) is 1.92. The SMILES string of the molecule is CCc1nn(C)c(CSc2ccc(F)cc2N)c1Br. The van der Waals surface area contributed by atoms with Crippen LogP contribution in [0.5, 0.6) is 0 Å². The van der Waals surface area contributed by atoms with Crippen LogP contribution in [-0.2, 0) is 19.2 Å². The Morgan fingerprint density at radius 1 is 1.47 bits per heavy atom. The second-order valence-electron chi connectivity index (χ2n) is 4.16. The van der Waals surface area contributed by atoms with E-state index in [0.717, 1.165) is 32.9 Å². The zero-order valence-electron chi connectivity index (χ0n) is 10.8. The fraction of sp³-hybridized carbons (Fsp3) is 0.308. The summed E-state index contributed by atoms with van der Waals surface area (Å²) in [6.07, 6.45) is 0.887. The molecular formula is C13H15BrFN3S. The molecule has 0 saturated carbocycles. The van der Waals surface area contributed by atoms with Crippen molar-refractivity contribution < 1.29 is 4.39 Å². The first kappa shape index (κ1) is 14.4. The molecule has 0 unspecified atom stereocenters. The van der Waals surface area contributed by atoms with Crippen LogP contribution in [0.1, 0.15) is 18.3 Å². The van der Waals surface area contributed by atoms with Crippen LogP contribution in [0.3, 0.4) is 0 Å². The Labute approximate surface area is 124 Å². The standard InChI is InChI=1S/C13H15BrFN3S/c1-3-10-13(14)11(18(2)17-10)7-19-12-5-4-8(15)6-9(12)16/h4-6H,3,7,16H2,1-2H3. The van der Waals surface area contributed by atoms with Crippen LogP contribution in [-0.4, -0.2) is 9.78 Å². The predicted octanol–water partition coefficient (Wildman–Crippen LogP) is 3.76. The van der Waals surface area contributed by atoms with Crippen LogP contribution in [0.25, 0.3) is 0 Å². The third-order valence-electron chi connectivity index (χ3n) is 2.84. The van der Waals surface area contributed by atoms with E-state index >= 15 is 0 Å². The zero-order valence-corrected chi connectivity index (χ0v) is 13.2. The summed E-state index contributed by atoms with van der Waals surface area (Å²) < 4.78 is 15.9. The molecule has 0 atom stereocenters. The minimum absolute atomic E-state index is 0.308. The molecule has 2 rings (SSSR count). The molecule has 0 radical (unpaired) electrons. The van der Waals surface area contributed by atoms with Gasteiger partial charge in [0.15, 0.2) is 0 Å². The normalized spacial score (nSPS) is 10.9. The largest absolute Gasteiger partial charge is 0.398 e. The summed E-state index contributed by atoms with van der Waals surface area (Å²) in [6.45, 7) is 2.07. The Hall–Kier alpha value is -1.01. The van der Waals surface area contributed by atoms with E-state index < -0.39 is 0 Å². The van der Waals surface area contributed by atoms with Crippen molar-refractivity contribution in [1.29, 1.82) is 0 Å². The van der Waals surface area contributed by atoms with Crippen molar-refractivity contribution >= 4 is 33.4 Å². The second-order valence-corrected chi connectivity index (χ2v) is 5.97. The maximum Gasteiger partial charge on any atom is 0.125 e. The molecule has 0 spiro atoms. The van der Waals surface area contributed by atoms with Crippen molar-refractivity contribution in [2.24, 2.45) is 7.05 Å². The van der Waals surface area contributed by atoms with E-state index in [0.29, 0.717) is 5.69 Å². The average molecular weight is 344 g/mol. The van der Waals surface area contributed by atoms with Gasteiger partial charge in [0.2, 0.25) is 0 Å². The molecule has 0 bridgehead atoms. The van der Waals surface area contributed by atoms with Gasteiger partial charge >= 0.3 is 0 Å². The molecule has 1 aromatic heterocycles. The Bertz CT molecular complexity index is 598. The number of rotatable bonds is 4. The van der Waals surface area contributed by atoms with E-state index in [2.05, 4.69) is 28.0 Å². The molecule has 1 aromatic carbocycles. The third kappa shape index (κ3) is 3.12. The Balaban J connectivity index is 2.16. The van der Waals surface area contributed by atoms with Crippen molar-refractivity contribution in [3.63, 3.8) is 0 Å². The number of anilines is 1. The highest BCUT2D eigenvalue weighted by atomic mass is 79.9. The van der Waals surface area contributed by atoms with Gasteiger partial charge in [-0.15, -0.1) is 11.8 Å². The molecule has 0 aliphatic carbocycles. The van der Waals surface area contributed by atoms with Crippen LogP contribution in [0, 0.1) is 5.82 Å². The fourth-order valence-electron chi connectivity index (χ4n) is 1.77. The first-order valence-corrected chi connectivity index (χ1v) is 7.68. The summed E-state index contributed by atoms with van der Waals surface area (Å²) >= 11 is 5.16. The monoisotopic (exact) mass is 343 g/mol. The van der Waals surface area contributed by atoms with E-state index in [1.807, 2.05) is 11.7 Å². The highest BCUT2D eigenvalue weighted by Gasteiger charge is 2.13. The fourth-order valence-corrected chi connectivity index (χ4v) is 3.73. The molecular weight excluding hydrogens is 329 g/mol. The topological polar surface area (TPSA) is 43.8 Å². The molecule has 0 fully saturated rings. The number of nitrogens with two attached hydrogens (primary N) is 1. The van der Waals surface area contributed by atoms with Gasteiger partial charge in [0.05, 0.1) is 15.9 Å². The summed E-state index contributed by atoms with van der Waals surface area (Å²) in [5, 5.41) is 4.44. The molecule has 19 heavy (non-hydrogen) atoms. The van der Waals surface area contributed by atoms with Gasteiger partial charge in [0, 0.05) is 23.4 Å². The van der Waals surface area contributed by atoms with Crippen molar-refractivity contribution in [1.82, 2.24) is 9.78 Å². The molecule has 2 aromatic rings. The van der Waals surface area contributed by atoms with Crippen molar-refractivity contribution in [2.45, 2.75) is 24.0 Å². The highest BCUT2D eigenvalue weighted by molar-refractivity contribution is 9.10. The zero-order chi connectivity index (χ0) is 14.0. The second kappa shape index (κ2) is 5.96.